The van der Waals surface area contributed by atoms with Gasteiger partial charge in [-0.1, -0.05) is 36.4 Å². The van der Waals surface area contributed by atoms with Gasteiger partial charge in [0.15, 0.2) is 0 Å². The van der Waals surface area contributed by atoms with Gasteiger partial charge in [0, 0.05) is 11.9 Å². The summed E-state index contributed by atoms with van der Waals surface area (Å²) in [5.41, 5.74) is 1.02. The fourth-order valence-corrected chi connectivity index (χ4v) is 1.49. The van der Waals surface area contributed by atoms with Gasteiger partial charge in [-0.15, -0.1) is 0 Å². The third-order valence-electron chi connectivity index (χ3n) is 1.79. The van der Waals surface area contributed by atoms with E-state index in [-0.39, 0.29) is 13.2 Å². The molecule has 0 aromatic heterocycles. The smallest absolute Gasteiger partial charge is 0.382 e. The molecule has 0 saturated heterocycles. The molecular weight excluding hydrogens is 254 g/mol. The summed E-state index contributed by atoms with van der Waals surface area (Å²) in [5.74, 6) is -1.03. The van der Waals surface area contributed by atoms with Crippen molar-refractivity contribution in [2.75, 3.05) is 13.2 Å². The Morgan fingerprint density at radius 3 is 2.72 bits per heavy atom. The van der Waals surface area contributed by atoms with E-state index in [1.807, 2.05) is 36.4 Å². The Hall–Kier alpha value is -1.79. The summed E-state index contributed by atoms with van der Waals surface area (Å²) in [5, 5.41) is 7.77. The molecule has 1 aromatic rings. The lowest BCUT2D eigenvalue weighted by Crippen LogP contribution is -2.18. The Kier molecular flexibility index (Phi) is 6.60. The van der Waals surface area contributed by atoms with E-state index in [2.05, 4.69) is 4.72 Å². The fraction of sp³-hybridized carbons (Fsp3) is 0.167. The Balaban J connectivity index is 2.15. The zero-order valence-corrected chi connectivity index (χ0v) is 10.4. The van der Waals surface area contributed by atoms with Crippen molar-refractivity contribution in [1.82, 2.24) is 4.72 Å². The summed E-state index contributed by atoms with van der Waals surface area (Å²) in [6.45, 7) is -0.144. The standard InChI is InChI=1S/C12H13NO4S/c14-11(15)9-13-18-12(16)17-8-4-7-10-5-2-1-3-6-10/h1-7,13H,8-9H2,(H,14,15). The van der Waals surface area contributed by atoms with Crippen LogP contribution < -0.4 is 4.72 Å². The Labute approximate surface area is 109 Å². The summed E-state index contributed by atoms with van der Waals surface area (Å²) in [4.78, 5) is 21.2. The van der Waals surface area contributed by atoms with E-state index in [0.717, 1.165) is 5.56 Å². The molecule has 0 spiro atoms. The minimum atomic E-state index is -1.03. The van der Waals surface area contributed by atoms with Gasteiger partial charge < -0.3 is 9.84 Å². The SMILES string of the molecule is O=C(O)CNSC(=O)OCC=Cc1ccccc1. The van der Waals surface area contributed by atoms with Crippen molar-refractivity contribution < 1.29 is 19.4 Å². The van der Waals surface area contributed by atoms with Crippen LogP contribution in [0.25, 0.3) is 6.08 Å². The van der Waals surface area contributed by atoms with Crippen LogP contribution in [-0.2, 0) is 9.53 Å². The number of ether oxygens (including phenoxy) is 1. The van der Waals surface area contributed by atoms with Gasteiger partial charge in [0.05, 0.1) is 0 Å². The van der Waals surface area contributed by atoms with Crippen LogP contribution >= 0.6 is 11.9 Å². The van der Waals surface area contributed by atoms with Gasteiger partial charge in [-0.2, -0.15) is 0 Å². The number of carboxylic acids is 1. The number of carboxylic acid groups (broad SMARTS) is 1. The topological polar surface area (TPSA) is 75.6 Å². The van der Waals surface area contributed by atoms with E-state index in [0.29, 0.717) is 11.9 Å². The Bertz CT molecular complexity index is 419. The zero-order valence-electron chi connectivity index (χ0n) is 9.54. The Morgan fingerprint density at radius 1 is 1.33 bits per heavy atom. The van der Waals surface area contributed by atoms with Crippen LogP contribution in [0.5, 0.6) is 0 Å². The molecule has 1 aromatic carbocycles. The normalized spacial score (nSPS) is 10.4. The van der Waals surface area contributed by atoms with Crippen LogP contribution in [0, 0.1) is 0 Å². The molecule has 0 fully saturated rings. The van der Waals surface area contributed by atoms with Crippen molar-refractivity contribution in [3.8, 4) is 0 Å². The maximum Gasteiger partial charge on any atom is 0.382 e. The first-order valence-corrected chi connectivity index (χ1v) is 6.00. The van der Waals surface area contributed by atoms with E-state index in [1.165, 1.54) is 0 Å². The van der Waals surface area contributed by atoms with Crippen LogP contribution in [-0.4, -0.2) is 29.5 Å². The molecule has 96 valence electrons. The number of carbonyl (C=O) groups excluding carboxylic acids is 1. The highest BCUT2D eigenvalue weighted by atomic mass is 32.2. The van der Waals surface area contributed by atoms with Crippen LogP contribution in [0.15, 0.2) is 36.4 Å². The van der Waals surface area contributed by atoms with Crippen LogP contribution in [0.4, 0.5) is 4.79 Å². The second-order valence-electron chi connectivity index (χ2n) is 3.19. The lowest BCUT2D eigenvalue weighted by atomic mass is 10.2. The Morgan fingerprint density at radius 2 is 2.06 bits per heavy atom. The molecule has 0 bridgehead atoms. The predicted molar refractivity (Wildman–Crippen MR) is 70.1 cm³/mol. The molecule has 0 saturated carbocycles. The third kappa shape index (κ3) is 6.72. The fourth-order valence-electron chi connectivity index (χ4n) is 1.05. The monoisotopic (exact) mass is 267 g/mol. The third-order valence-corrected chi connectivity index (χ3v) is 2.36. The van der Waals surface area contributed by atoms with Crippen molar-refractivity contribution in [1.29, 1.82) is 0 Å². The van der Waals surface area contributed by atoms with Gasteiger partial charge in [0.2, 0.25) is 0 Å². The molecule has 0 radical (unpaired) electrons. The minimum Gasteiger partial charge on any atom is -0.480 e. The molecule has 0 atom stereocenters. The first-order chi connectivity index (χ1) is 8.68. The maximum absolute atomic E-state index is 11.1. The van der Waals surface area contributed by atoms with Gasteiger partial charge in [0.1, 0.15) is 13.2 Å². The van der Waals surface area contributed by atoms with E-state index < -0.39 is 11.3 Å². The minimum absolute atomic E-state index is 0.148. The summed E-state index contributed by atoms with van der Waals surface area (Å²) in [6, 6.07) is 9.61. The molecule has 5 nitrogen and oxygen atoms in total. The van der Waals surface area contributed by atoms with Gasteiger partial charge in [-0.05, 0) is 11.6 Å². The number of hydrogen-bond acceptors (Lipinski definition) is 5. The molecule has 0 aliphatic heterocycles. The number of benzene rings is 1. The number of aliphatic carboxylic acids is 1. The van der Waals surface area contributed by atoms with E-state index in [1.54, 1.807) is 6.08 Å². The summed E-state index contributed by atoms with van der Waals surface area (Å²) in [7, 11) is 0. The van der Waals surface area contributed by atoms with Crippen molar-refractivity contribution in [3.05, 3.63) is 42.0 Å². The molecule has 6 heteroatoms. The molecule has 0 amide bonds. The number of carbonyl (C=O) groups is 2. The molecule has 0 unspecified atom stereocenters. The summed E-state index contributed by atoms with van der Waals surface area (Å²) >= 11 is 0.625. The summed E-state index contributed by atoms with van der Waals surface area (Å²) < 4.78 is 7.19. The number of nitrogens with one attached hydrogen (secondary N) is 1. The average molecular weight is 267 g/mol. The van der Waals surface area contributed by atoms with Crippen molar-refractivity contribution in [3.63, 3.8) is 0 Å². The highest BCUT2D eigenvalue weighted by molar-refractivity contribution is 8.11. The number of rotatable bonds is 6. The molecular formula is C12H13NO4S. The molecule has 0 aliphatic carbocycles. The van der Waals surface area contributed by atoms with Crippen molar-refractivity contribution in [2.24, 2.45) is 0 Å². The van der Waals surface area contributed by atoms with Crippen LogP contribution in [0.2, 0.25) is 0 Å². The molecule has 18 heavy (non-hydrogen) atoms. The molecule has 2 N–H and O–H groups in total. The highest BCUT2D eigenvalue weighted by Gasteiger charge is 2.03. The van der Waals surface area contributed by atoms with Gasteiger partial charge in [-0.25, -0.2) is 9.52 Å². The molecule has 0 aliphatic rings. The lowest BCUT2D eigenvalue weighted by Gasteiger charge is -2.00. The van der Waals surface area contributed by atoms with Crippen molar-refractivity contribution >= 4 is 29.3 Å². The largest absolute Gasteiger partial charge is 0.480 e. The maximum atomic E-state index is 11.1. The predicted octanol–water partition coefficient (Wildman–Crippen LogP) is 2.16. The van der Waals surface area contributed by atoms with Crippen LogP contribution in [0.3, 0.4) is 0 Å². The quantitative estimate of drug-likeness (QED) is 0.607. The average Bonchev–Trinajstić information content (AvgIpc) is 2.35. The highest BCUT2D eigenvalue weighted by Crippen LogP contribution is 2.02. The second-order valence-corrected chi connectivity index (χ2v) is 4.02. The number of hydrogen-bond donors (Lipinski definition) is 2. The van der Waals surface area contributed by atoms with Gasteiger partial charge in [-0.3, -0.25) is 4.79 Å². The first kappa shape index (κ1) is 14.3. The zero-order chi connectivity index (χ0) is 13.2. The lowest BCUT2D eigenvalue weighted by molar-refractivity contribution is -0.135. The van der Waals surface area contributed by atoms with E-state index in [4.69, 9.17) is 9.84 Å². The van der Waals surface area contributed by atoms with Crippen molar-refractivity contribution in [2.45, 2.75) is 0 Å². The van der Waals surface area contributed by atoms with Gasteiger partial charge >= 0.3 is 11.3 Å². The van der Waals surface area contributed by atoms with Crippen LogP contribution in [0.1, 0.15) is 5.56 Å². The second kappa shape index (κ2) is 8.32. The summed E-state index contributed by atoms with van der Waals surface area (Å²) in [6.07, 6.45) is 3.55. The van der Waals surface area contributed by atoms with Gasteiger partial charge in [0.25, 0.3) is 0 Å². The first-order valence-electron chi connectivity index (χ1n) is 5.18. The molecule has 0 heterocycles. The van der Waals surface area contributed by atoms with E-state index >= 15 is 0 Å². The van der Waals surface area contributed by atoms with E-state index in [9.17, 15) is 9.59 Å². The molecule has 1 rings (SSSR count).